The number of carbonyl (C=O) groups excluding carboxylic acids is 3. The average molecular weight is 972 g/mol. The summed E-state index contributed by atoms with van der Waals surface area (Å²) in [5, 5.41) is 0. The lowest BCUT2D eigenvalue weighted by molar-refractivity contribution is -0.167. The number of allylic oxidation sites excluding steroid dienone is 18. The van der Waals surface area contributed by atoms with Crippen molar-refractivity contribution in [1.82, 2.24) is 0 Å². The van der Waals surface area contributed by atoms with Crippen molar-refractivity contribution in [2.45, 2.75) is 264 Å². The van der Waals surface area contributed by atoms with E-state index < -0.39 is 6.10 Å². The SMILES string of the molecule is CC/C=C\C/C=C\C/C=C\C/C=C\C/C=C\C/C=C\C/C=C\C/C=C\C/C=C\CCCCCCCCCC(=O)OCC(COC(=O)CCCCCCCCCC)OC(=O)CCCCCCCCCCC. The van der Waals surface area contributed by atoms with Crippen LogP contribution in [0.5, 0.6) is 0 Å². The number of ether oxygens (including phenoxy) is 3. The third-order valence-electron chi connectivity index (χ3n) is 12.0. The molecule has 0 aliphatic heterocycles. The molecule has 0 aromatic rings. The largest absolute Gasteiger partial charge is 0.462 e. The Bertz CT molecular complexity index is 1440. The third-order valence-corrected chi connectivity index (χ3v) is 12.0. The van der Waals surface area contributed by atoms with E-state index in [9.17, 15) is 14.4 Å². The lowest BCUT2D eigenvalue weighted by Gasteiger charge is -2.18. The van der Waals surface area contributed by atoms with Crippen LogP contribution in [-0.4, -0.2) is 37.2 Å². The summed E-state index contributed by atoms with van der Waals surface area (Å²) in [5.74, 6) is -0.899. The molecule has 0 aliphatic rings. The van der Waals surface area contributed by atoms with Gasteiger partial charge in [-0.15, -0.1) is 0 Å². The van der Waals surface area contributed by atoms with E-state index in [-0.39, 0.29) is 31.1 Å². The van der Waals surface area contributed by atoms with Gasteiger partial charge < -0.3 is 14.2 Å². The standard InChI is InChI=1S/C64H106O6/c1-4-7-10-13-16-19-20-21-22-23-24-25-26-27-28-29-30-31-32-33-34-35-36-37-38-39-40-41-42-43-44-46-48-51-54-57-63(66)69-60-61(59-68-62(65)56-53-50-47-18-15-12-9-6-3)70-64(67)58-55-52-49-45-17-14-11-8-5-2/h7,10,16,19,21-22,24-25,27-28,30-31,33-34,36-37,39-40,61H,4-6,8-9,11-15,17-18,20,23,26,29,32,35,38,41-60H2,1-3H3/b10-7-,19-16-,22-21-,25-24-,28-27-,31-30-,34-33-,37-36-,40-39-. The quantitative estimate of drug-likeness (QED) is 0.0262. The molecule has 0 saturated carbocycles. The van der Waals surface area contributed by atoms with Crippen LogP contribution in [0, 0.1) is 0 Å². The highest BCUT2D eigenvalue weighted by molar-refractivity contribution is 5.71. The number of carbonyl (C=O) groups is 3. The van der Waals surface area contributed by atoms with Gasteiger partial charge in [0.15, 0.2) is 6.10 Å². The summed E-state index contributed by atoms with van der Waals surface area (Å²) in [4.78, 5) is 37.8. The Hall–Kier alpha value is -3.93. The maximum Gasteiger partial charge on any atom is 0.306 e. The van der Waals surface area contributed by atoms with Crippen molar-refractivity contribution < 1.29 is 28.6 Å². The summed E-state index contributed by atoms with van der Waals surface area (Å²) in [6, 6.07) is 0. The predicted octanol–water partition coefficient (Wildman–Crippen LogP) is 19.5. The van der Waals surface area contributed by atoms with Crippen LogP contribution in [0.3, 0.4) is 0 Å². The Kier molecular flexibility index (Phi) is 54.4. The summed E-state index contributed by atoms with van der Waals surface area (Å²) < 4.78 is 16.7. The molecule has 0 rings (SSSR count). The van der Waals surface area contributed by atoms with Gasteiger partial charge in [0, 0.05) is 19.3 Å². The molecule has 6 heteroatoms. The fraction of sp³-hybridized carbons (Fsp3) is 0.672. The van der Waals surface area contributed by atoms with Crippen LogP contribution in [0.15, 0.2) is 109 Å². The van der Waals surface area contributed by atoms with Gasteiger partial charge in [-0.3, -0.25) is 14.4 Å². The molecule has 1 atom stereocenters. The van der Waals surface area contributed by atoms with E-state index >= 15 is 0 Å². The zero-order valence-electron chi connectivity index (χ0n) is 45.5. The van der Waals surface area contributed by atoms with Gasteiger partial charge >= 0.3 is 17.9 Å². The Morgan fingerprint density at radius 3 is 0.871 bits per heavy atom. The van der Waals surface area contributed by atoms with Crippen LogP contribution in [0.4, 0.5) is 0 Å². The zero-order valence-corrected chi connectivity index (χ0v) is 45.5. The average Bonchev–Trinajstić information content (AvgIpc) is 3.36. The van der Waals surface area contributed by atoms with E-state index in [0.29, 0.717) is 19.3 Å². The van der Waals surface area contributed by atoms with Crippen molar-refractivity contribution in [2.75, 3.05) is 13.2 Å². The molecule has 398 valence electrons. The molecule has 0 aromatic heterocycles. The van der Waals surface area contributed by atoms with Gasteiger partial charge in [-0.2, -0.15) is 0 Å². The summed E-state index contributed by atoms with van der Waals surface area (Å²) in [7, 11) is 0. The Morgan fingerprint density at radius 2 is 0.557 bits per heavy atom. The van der Waals surface area contributed by atoms with Crippen LogP contribution >= 0.6 is 0 Å². The van der Waals surface area contributed by atoms with Gasteiger partial charge in [0.25, 0.3) is 0 Å². The Morgan fingerprint density at radius 1 is 0.300 bits per heavy atom. The second-order valence-corrected chi connectivity index (χ2v) is 18.8. The Labute approximate surface area is 431 Å². The molecule has 0 fully saturated rings. The highest BCUT2D eigenvalue weighted by atomic mass is 16.6. The molecule has 0 bridgehead atoms. The van der Waals surface area contributed by atoms with Gasteiger partial charge in [-0.1, -0.05) is 259 Å². The van der Waals surface area contributed by atoms with E-state index in [1.54, 1.807) is 0 Å². The molecule has 70 heavy (non-hydrogen) atoms. The summed E-state index contributed by atoms with van der Waals surface area (Å²) in [6.07, 6.45) is 78.3. The number of hydrogen-bond acceptors (Lipinski definition) is 6. The number of rotatable bonds is 51. The maximum atomic E-state index is 12.7. The molecule has 0 aromatic carbocycles. The molecule has 0 amide bonds. The van der Waals surface area contributed by atoms with Crippen molar-refractivity contribution in [2.24, 2.45) is 0 Å². The minimum absolute atomic E-state index is 0.0788. The lowest BCUT2D eigenvalue weighted by atomic mass is 10.1. The molecule has 6 nitrogen and oxygen atoms in total. The molecule has 1 unspecified atom stereocenters. The predicted molar refractivity (Wildman–Crippen MR) is 302 cm³/mol. The first-order valence-corrected chi connectivity index (χ1v) is 28.9. The van der Waals surface area contributed by atoms with E-state index in [1.807, 2.05) is 0 Å². The summed E-state index contributed by atoms with van der Waals surface area (Å²) in [5.41, 5.74) is 0. The van der Waals surface area contributed by atoms with Crippen molar-refractivity contribution in [1.29, 1.82) is 0 Å². The van der Waals surface area contributed by atoms with Crippen LogP contribution in [0.25, 0.3) is 0 Å². The van der Waals surface area contributed by atoms with Crippen LogP contribution < -0.4 is 0 Å². The van der Waals surface area contributed by atoms with Crippen LogP contribution in [-0.2, 0) is 28.6 Å². The zero-order chi connectivity index (χ0) is 50.7. The van der Waals surface area contributed by atoms with Gasteiger partial charge in [0.2, 0.25) is 0 Å². The number of hydrogen-bond donors (Lipinski definition) is 0. The van der Waals surface area contributed by atoms with Gasteiger partial charge in [-0.05, 0) is 89.9 Å². The third kappa shape index (κ3) is 55.0. The van der Waals surface area contributed by atoms with Crippen molar-refractivity contribution in [3.05, 3.63) is 109 Å². The van der Waals surface area contributed by atoms with Crippen molar-refractivity contribution >= 4 is 17.9 Å². The lowest BCUT2D eigenvalue weighted by Crippen LogP contribution is -2.30. The monoisotopic (exact) mass is 971 g/mol. The van der Waals surface area contributed by atoms with E-state index in [2.05, 4.69) is 130 Å². The minimum Gasteiger partial charge on any atom is -0.462 e. The fourth-order valence-corrected chi connectivity index (χ4v) is 7.73. The van der Waals surface area contributed by atoms with Gasteiger partial charge in [-0.25, -0.2) is 0 Å². The van der Waals surface area contributed by atoms with Crippen molar-refractivity contribution in [3.63, 3.8) is 0 Å². The molecule has 0 N–H and O–H groups in total. The maximum absolute atomic E-state index is 12.7. The summed E-state index contributed by atoms with van der Waals surface area (Å²) in [6.45, 7) is 6.46. The van der Waals surface area contributed by atoms with Crippen molar-refractivity contribution in [3.8, 4) is 0 Å². The fourth-order valence-electron chi connectivity index (χ4n) is 7.73. The summed E-state index contributed by atoms with van der Waals surface area (Å²) >= 11 is 0. The number of esters is 3. The topological polar surface area (TPSA) is 78.9 Å². The molecule has 0 spiro atoms. The van der Waals surface area contributed by atoms with E-state index in [1.165, 1.54) is 96.3 Å². The normalized spacial score (nSPS) is 12.9. The molecule has 0 heterocycles. The highest BCUT2D eigenvalue weighted by Gasteiger charge is 2.19. The molecule has 0 aliphatic carbocycles. The molecular weight excluding hydrogens is 865 g/mol. The first kappa shape index (κ1) is 66.1. The van der Waals surface area contributed by atoms with Crippen LogP contribution in [0.1, 0.15) is 258 Å². The molecule has 0 radical (unpaired) electrons. The number of unbranched alkanes of at least 4 members (excludes halogenated alkanes) is 22. The molecular formula is C64H106O6. The second kappa shape index (κ2) is 57.6. The highest BCUT2D eigenvalue weighted by Crippen LogP contribution is 2.14. The smallest absolute Gasteiger partial charge is 0.306 e. The Balaban J connectivity index is 4.08. The first-order valence-electron chi connectivity index (χ1n) is 28.9. The van der Waals surface area contributed by atoms with E-state index in [0.717, 1.165) is 122 Å². The van der Waals surface area contributed by atoms with Crippen LogP contribution in [0.2, 0.25) is 0 Å². The van der Waals surface area contributed by atoms with E-state index in [4.69, 9.17) is 14.2 Å². The second-order valence-electron chi connectivity index (χ2n) is 18.8. The molecule has 0 saturated heterocycles. The van der Waals surface area contributed by atoms with Gasteiger partial charge in [0.05, 0.1) is 0 Å². The first-order chi connectivity index (χ1) is 34.5. The van der Waals surface area contributed by atoms with Gasteiger partial charge in [0.1, 0.15) is 13.2 Å². The minimum atomic E-state index is -0.776.